The molecule has 0 aliphatic heterocycles. The van der Waals surface area contributed by atoms with Gasteiger partial charge in [-0.1, -0.05) is 0 Å². The molecule has 2 rings (SSSR count). The first kappa shape index (κ1) is 11.7. The smallest absolute Gasteiger partial charge is 0.153 e. The molecule has 17 heavy (non-hydrogen) atoms. The van der Waals surface area contributed by atoms with E-state index < -0.39 is 0 Å². The van der Waals surface area contributed by atoms with Gasteiger partial charge in [0.25, 0.3) is 0 Å². The van der Waals surface area contributed by atoms with Crippen molar-refractivity contribution in [3.8, 4) is 0 Å². The van der Waals surface area contributed by atoms with Crippen LogP contribution in [0.3, 0.4) is 0 Å². The Bertz CT molecular complexity index is 524. The minimum Gasteiger partial charge on any atom is -0.353 e. The summed E-state index contributed by atoms with van der Waals surface area (Å²) in [4.78, 5) is 21.5. The van der Waals surface area contributed by atoms with Crippen molar-refractivity contribution in [2.75, 3.05) is 11.9 Å². The van der Waals surface area contributed by atoms with Gasteiger partial charge >= 0.3 is 0 Å². The molecule has 0 spiro atoms. The second-order valence-corrected chi connectivity index (χ2v) is 4.81. The largest absolute Gasteiger partial charge is 0.353 e. The summed E-state index contributed by atoms with van der Waals surface area (Å²) in [5.41, 5.74) is 1.60. The lowest BCUT2D eigenvalue weighted by molar-refractivity contribution is 0.112. The van der Waals surface area contributed by atoms with Gasteiger partial charge in [0, 0.05) is 18.6 Å². The molecule has 0 atom stereocenters. The van der Waals surface area contributed by atoms with E-state index >= 15 is 0 Å². The number of carbonyl (C=O) groups excluding carboxylic acids is 1. The number of nitrogens with zero attached hydrogens (tertiary/aromatic N) is 3. The summed E-state index contributed by atoms with van der Waals surface area (Å²) in [5, 5.41) is 3.07. The highest BCUT2D eigenvalue weighted by molar-refractivity contribution is 7.09. The Morgan fingerprint density at radius 1 is 1.53 bits per heavy atom. The quantitative estimate of drug-likeness (QED) is 0.778. The lowest BCUT2D eigenvalue weighted by Gasteiger charge is -2.18. The van der Waals surface area contributed by atoms with Crippen molar-refractivity contribution in [2.24, 2.45) is 0 Å². The minimum absolute atomic E-state index is 0.599. The zero-order valence-electron chi connectivity index (χ0n) is 9.75. The van der Waals surface area contributed by atoms with Crippen LogP contribution in [0.1, 0.15) is 21.1 Å². The summed E-state index contributed by atoms with van der Waals surface area (Å²) in [6.45, 7) is 2.63. The van der Waals surface area contributed by atoms with Crippen LogP contribution in [0.15, 0.2) is 23.7 Å². The fourth-order valence-corrected chi connectivity index (χ4v) is 2.22. The van der Waals surface area contributed by atoms with E-state index in [1.54, 1.807) is 29.7 Å². The number of aryl methyl sites for hydroxylation is 1. The van der Waals surface area contributed by atoms with Crippen LogP contribution in [0.4, 0.5) is 5.82 Å². The van der Waals surface area contributed by atoms with Gasteiger partial charge in [-0.05, 0) is 19.1 Å². The zero-order chi connectivity index (χ0) is 12.3. The van der Waals surface area contributed by atoms with Gasteiger partial charge in [-0.25, -0.2) is 9.97 Å². The lowest BCUT2D eigenvalue weighted by Crippen LogP contribution is -2.19. The van der Waals surface area contributed by atoms with Crippen LogP contribution >= 0.6 is 11.3 Å². The summed E-state index contributed by atoms with van der Waals surface area (Å²) >= 11 is 1.62. The van der Waals surface area contributed by atoms with E-state index in [-0.39, 0.29) is 0 Å². The third kappa shape index (κ3) is 2.68. The topological polar surface area (TPSA) is 46.1 Å². The lowest BCUT2D eigenvalue weighted by atomic mass is 10.2. The third-order valence-electron chi connectivity index (χ3n) is 2.37. The van der Waals surface area contributed by atoms with E-state index in [1.165, 1.54) is 0 Å². The van der Waals surface area contributed by atoms with Crippen molar-refractivity contribution in [1.29, 1.82) is 0 Å². The molecule has 0 aliphatic carbocycles. The van der Waals surface area contributed by atoms with E-state index in [1.807, 2.05) is 24.3 Å². The number of rotatable bonds is 4. The Balaban J connectivity index is 2.19. The molecule has 0 aliphatic rings. The van der Waals surface area contributed by atoms with E-state index in [0.29, 0.717) is 17.9 Å². The van der Waals surface area contributed by atoms with Crippen LogP contribution in [-0.2, 0) is 6.54 Å². The Morgan fingerprint density at radius 3 is 3.00 bits per heavy atom. The Hall–Kier alpha value is -1.75. The van der Waals surface area contributed by atoms with Crippen LogP contribution in [0.5, 0.6) is 0 Å². The second-order valence-electron chi connectivity index (χ2n) is 3.75. The first-order valence-electron chi connectivity index (χ1n) is 5.23. The molecular formula is C12H13N3OS. The minimum atomic E-state index is 0.599. The molecule has 0 aromatic carbocycles. The second kappa shape index (κ2) is 5.05. The Kier molecular flexibility index (Phi) is 3.49. The molecule has 0 saturated heterocycles. The molecule has 2 heterocycles. The van der Waals surface area contributed by atoms with E-state index in [9.17, 15) is 4.79 Å². The van der Waals surface area contributed by atoms with Gasteiger partial charge in [0.15, 0.2) is 6.29 Å². The van der Waals surface area contributed by atoms with Crippen LogP contribution in [0.25, 0.3) is 0 Å². The molecule has 0 saturated carbocycles. The highest BCUT2D eigenvalue weighted by Crippen LogP contribution is 2.17. The Morgan fingerprint density at radius 2 is 2.35 bits per heavy atom. The van der Waals surface area contributed by atoms with Crippen molar-refractivity contribution in [2.45, 2.75) is 13.5 Å². The predicted molar refractivity (Wildman–Crippen MR) is 68.6 cm³/mol. The normalized spacial score (nSPS) is 10.2. The molecule has 2 aromatic heterocycles. The fraction of sp³-hybridized carbons (Fsp3) is 0.250. The number of aromatic nitrogens is 2. The summed E-state index contributed by atoms with van der Waals surface area (Å²) < 4.78 is 0. The van der Waals surface area contributed by atoms with Gasteiger partial charge in [-0.15, -0.1) is 11.3 Å². The van der Waals surface area contributed by atoms with Gasteiger partial charge in [-0.2, -0.15) is 0 Å². The van der Waals surface area contributed by atoms with Crippen molar-refractivity contribution < 1.29 is 4.79 Å². The molecular weight excluding hydrogens is 234 g/mol. The fourth-order valence-electron chi connectivity index (χ4n) is 1.62. The molecule has 2 aromatic rings. The van der Waals surface area contributed by atoms with E-state index in [2.05, 4.69) is 9.97 Å². The van der Waals surface area contributed by atoms with E-state index in [0.717, 1.165) is 17.0 Å². The predicted octanol–water partition coefficient (Wildman–Crippen LogP) is 2.30. The van der Waals surface area contributed by atoms with Crippen LogP contribution in [-0.4, -0.2) is 23.3 Å². The molecule has 0 bridgehead atoms. The van der Waals surface area contributed by atoms with Gasteiger partial charge < -0.3 is 4.90 Å². The molecule has 88 valence electrons. The van der Waals surface area contributed by atoms with Crippen molar-refractivity contribution in [1.82, 2.24) is 9.97 Å². The first-order chi connectivity index (χ1) is 8.20. The summed E-state index contributed by atoms with van der Waals surface area (Å²) in [7, 11) is 1.91. The average molecular weight is 247 g/mol. The molecule has 0 fully saturated rings. The summed E-state index contributed by atoms with van der Waals surface area (Å²) in [6.07, 6.45) is 2.51. The van der Waals surface area contributed by atoms with Crippen LogP contribution < -0.4 is 4.90 Å². The number of hydrogen-bond donors (Lipinski definition) is 0. The van der Waals surface area contributed by atoms with Crippen molar-refractivity contribution >= 4 is 23.4 Å². The summed E-state index contributed by atoms with van der Waals surface area (Å²) in [6, 6.07) is 3.52. The standard InChI is InChI=1S/C12H13N3OS/c1-9-14-11(8-17-9)6-15(2)12-10(7-16)4-3-5-13-12/h3-5,7-8H,6H2,1-2H3. The number of aldehydes is 1. The van der Waals surface area contributed by atoms with Crippen LogP contribution in [0, 0.1) is 6.92 Å². The van der Waals surface area contributed by atoms with E-state index in [4.69, 9.17) is 0 Å². The number of anilines is 1. The highest BCUT2D eigenvalue weighted by Gasteiger charge is 2.09. The molecule has 0 N–H and O–H groups in total. The molecule has 0 amide bonds. The summed E-state index contributed by atoms with van der Waals surface area (Å²) in [5.74, 6) is 0.688. The maximum Gasteiger partial charge on any atom is 0.153 e. The Labute approximate surface area is 104 Å². The van der Waals surface area contributed by atoms with Gasteiger partial charge in [0.05, 0.1) is 22.8 Å². The number of pyridine rings is 1. The highest BCUT2D eigenvalue weighted by atomic mass is 32.1. The van der Waals surface area contributed by atoms with Crippen molar-refractivity contribution in [3.05, 3.63) is 40.0 Å². The third-order valence-corrected chi connectivity index (χ3v) is 3.19. The average Bonchev–Trinajstić information content (AvgIpc) is 2.74. The number of carbonyl (C=O) groups is 1. The first-order valence-corrected chi connectivity index (χ1v) is 6.11. The SMILES string of the molecule is Cc1nc(CN(C)c2ncccc2C=O)cs1. The monoisotopic (exact) mass is 247 g/mol. The maximum atomic E-state index is 10.9. The van der Waals surface area contributed by atoms with Gasteiger partial charge in [0.1, 0.15) is 5.82 Å². The molecule has 4 nitrogen and oxygen atoms in total. The van der Waals surface area contributed by atoms with Gasteiger partial charge in [0.2, 0.25) is 0 Å². The zero-order valence-corrected chi connectivity index (χ0v) is 10.6. The van der Waals surface area contributed by atoms with Gasteiger partial charge in [-0.3, -0.25) is 4.79 Å². The molecule has 0 unspecified atom stereocenters. The van der Waals surface area contributed by atoms with Crippen LogP contribution in [0.2, 0.25) is 0 Å². The molecule has 0 radical (unpaired) electrons. The number of hydrogen-bond acceptors (Lipinski definition) is 5. The molecule has 5 heteroatoms. The maximum absolute atomic E-state index is 10.9. The van der Waals surface area contributed by atoms with Crippen molar-refractivity contribution in [3.63, 3.8) is 0 Å². The number of thiazole rings is 1.